The van der Waals surface area contributed by atoms with Crippen molar-refractivity contribution < 1.29 is 22.6 Å². The molecule has 0 amide bonds. The zero-order chi connectivity index (χ0) is 20.7. The van der Waals surface area contributed by atoms with Gasteiger partial charge in [0.25, 0.3) is 0 Å². The number of alkyl halides is 3. The van der Waals surface area contributed by atoms with Gasteiger partial charge in [-0.1, -0.05) is 30.3 Å². The van der Waals surface area contributed by atoms with Crippen molar-refractivity contribution in [2.45, 2.75) is 12.8 Å². The van der Waals surface area contributed by atoms with E-state index in [1.54, 1.807) is 30.5 Å². The molecule has 150 valence electrons. The van der Waals surface area contributed by atoms with Crippen molar-refractivity contribution in [3.8, 4) is 11.5 Å². The molecular weight excluding hydrogens is 381 g/mol. The molecule has 0 saturated carbocycles. The van der Waals surface area contributed by atoms with Gasteiger partial charge in [0, 0.05) is 0 Å². The van der Waals surface area contributed by atoms with Gasteiger partial charge in [-0.05, 0) is 53.6 Å². The molecule has 0 aromatic heterocycles. The largest absolute Gasteiger partial charge is 0.493 e. The van der Waals surface area contributed by atoms with Crippen LogP contribution in [0.25, 0.3) is 0 Å². The zero-order valence-corrected chi connectivity index (χ0v) is 15.6. The fourth-order valence-electron chi connectivity index (χ4n) is 2.58. The minimum Gasteiger partial charge on any atom is -0.493 e. The first kappa shape index (κ1) is 20.3. The van der Waals surface area contributed by atoms with E-state index in [9.17, 15) is 13.2 Å². The highest BCUT2D eigenvalue weighted by Gasteiger charge is 2.30. The standard InChI is InChI=1S/C22H19F3N2O2/c1-28-21-13-16(14-26-27-19-8-3-2-4-9-19)10-11-20(21)29-15-17-6-5-7-18(12-17)22(23,24)25/h2-14,27H,15H2,1H3. The summed E-state index contributed by atoms with van der Waals surface area (Å²) in [5, 5.41) is 4.17. The predicted octanol–water partition coefficient (Wildman–Crippen LogP) is 5.74. The maximum absolute atomic E-state index is 12.8. The van der Waals surface area contributed by atoms with Gasteiger partial charge in [0.1, 0.15) is 6.61 Å². The highest BCUT2D eigenvalue weighted by Crippen LogP contribution is 2.31. The van der Waals surface area contributed by atoms with Gasteiger partial charge in [-0.3, -0.25) is 5.43 Å². The van der Waals surface area contributed by atoms with Gasteiger partial charge in [-0.25, -0.2) is 0 Å². The van der Waals surface area contributed by atoms with Crippen LogP contribution in [0.1, 0.15) is 16.7 Å². The molecule has 0 spiro atoms. The van der Waals surface area contributed by atoms with E-state index < -0.39 is 11.7 Å². The molecule has 4 nitrogen and oxygen atoms in total. The highest BCUT2D eigenvalue weighted by molar-refractivity contribution is 5.81. The number of nitrogens with one attached hydrogen (secondary N) is 1. The highest BCUT2D eigenvalue weighted by atomic mass is 19.4. The number of anilines is 1. The van der Waals surface area contributed by atoms with Crippen LogP contribution in [0.3, 0.4) is 0 Å². The van der Waals surface area contributed by atoms with Crippen molar-refractivity contribution in [3.05, 3.63) is 89.5 Å². The lowest BCUT2D eigenvalue weighted by atomic mass is 10.1. The average molecular weight is 400 g/mol. The molecule has 0 heterocycles. The molecule has 0 unspecified atom stereocenters. The Labute approximate surface area is 166 Å². The Kier molecular flexibility index (Phi) is 6.39. The molecule has 0 saturated heterocycles. The summed E-state index contributed by atoms with van der Waals surface area (Å²) in [5.74, 6) is 0.888. The number of para-hydroxylation sites is 1. The van der Waals surface area contributed by atoms with E-state index in [4.69, 9.17) is 9.47 Å². The monoisotopic (exact) mass is 400 g/mol. The number of halogens is 3. The quantitative estimate of drug-likeness (QED) is 0.406. The van der Waals surface area contributed by atoms with E-state index in [-0.39, 0.29) is 6.61 Å². The molecule has 0 aliphatic heterocycles. The van der Waals surface area contributed by atoms with Crippen LogP contribution in [0, 0.1) is 0 Å². The van der Waals surface area contributed by atoms with Crippen LogP contribution in [0.2, 0.25) is 0 Å². The summed E-state index contributed by atoms with van der Waals surface area (Å²) < 4.78 is 49.5. The fraction of sp³-hybridized carbons (Fsp3) is 0.136. The van der Waals surface area contributed by atoms with Crippen molar-refractivity contribution in [3.63, 3.8) is 0 Å². The van der Waals surface area contributed by atoms with Crippen LogP contribution in [-0.4, -0.2) is 13.3 Å². The normalized spacial score (nSPS) is 11.4. The first-order chi connectivity index (χ1) is 14.0. The number of hydrogen-bond donors (Lipinski definition) is 1. The molecule has 29 heavy (non-hydrogen) atoms. The van der Waals surface area contributed by atoms with E-state index in [1.807, 2.05) is 30.3 Å². The molecule has 3 aromatic carbocycles. The van der Waals surface area contributed by atoms with Crippen molar-refractivity contribution in [1.82, 2.24) is 0 Å². The Balaban J connectivity index is 1.66. The first-order valence-corrected chi connectivity index (χ1v) is 8.77. The average Bonchev–Trinajstić information content (AvgIpc) is 2.73. The van der Waals surface area contributed by atoms with Crippen molar-refractivity contribution in [1.29, 1.82) is 0 Å². The molecule has 7 heteroatoms. The SMILES string of the molecule is COc1cc(C=NNc2ccccc2)ccc1OCc1cccc(C(F)(F)F)c1. The second-order valence-corrected chi connectivity index (χ2v) is 6.13. The number of methoxy groups -OCH3 is 1. The third kappa shape index (κ3) is 5.75. The van der Waals surface area contributed by atoms with E-state index in [0.717, 1.165) is 23.4 Å². The lowest BCUT2D eigenvalue weighted by Gasteiger charge is -2.12. The van der Waals surface area contributed by atoms with Crippen molar-refractivity contribution >= 4 is 11.9 Å². The molecule has 0 fully saturated rings. The Bertz CT molecular complexity index is 973. The summed E-state index contributed by atoms with van der Waals surface area (Å²) >= 11 is 0. The zero-order valence-electron chi connectivity index (χ0n) is 15.6. The predicted molar refractivity (Wildman–Crippen MR) is 106 cm³/mol. The second-order valence-electron chi connectivity index (χ2n) is 6.13. The molecule has 0 atom stereocenters. The summed E-state index contributed by atoms with van der Waals surface area (Å²) in [4.78, 5) is 0. The second kappa shape index (κ2) is 9.14. The van der Waals surface area contributed by atoms with E-state index in [0.29, 0.717) is 17.1 Å². The van der Waals surface area contributed by atoms with Gasteiger partial charge in [0.15, 0.2) is 11.5 Å². The van der Waals surface area contributed by atoms with Gasteiger partial charge in [0.05, 0.1) is 24.6 Å². The van der Waals surface area contributed by atoms with Gasteiger partial charge >= 0.3 is 6.18 Å². The van der Waals surface area contributed by atoms with Gasteiger partial charge in [0.2, 0.25) is 0 Å². The Morgan fingerprint density at radius 2 is 1.72 bits per heavy atom. The van der Waals surface area contributed by atoms with E-state index in [1.165, 1.54) is 13.2 Å². The fourth-order valence-corrected chi connectivity index (χ4v) is 2.58. The Morgan fingerprint density at radius 1 is 0.931 bits per heavy atom. The minimum absolute atomic E-state index is 0.0106. The van der Waals surface area contributed by atoms with Crippen molar-refractivity contribution in [2.24, 2.45) is 5.10 Å². The van der Waals surface area contributed by atoms with Crippen LogP contribution in [0.4, 0.5) is 18.9 Å². The van der Waals surface area contributed by atoms with Crippen LogP contribution in [0.15, 0.2) is 77.9 Å². The van der Waals surface area contributed by atoms with Crippen LogP contribution >= 0.6 is 0 Å². The minimum atomic E-state index is -4.39. The number of ether oxygens (including phenoxy) is 2. The Morgan fingerprint density at radius 3 is 2.45 bits per heavy atom. The third-order valence-electron chi connectivity index (χ3n) is 4.02. The lowest BCUT2D eigenvalue weighted by Crippen LogP contribution is -2.06. The maximum atomic E-state index is 12.8. The molecule has 3 rings (SSSR count). The van der Waals surface area contributed by atoms with E-state index in [2.05, 4.69) is 10.5 Å². The first-order valence-electron chi connectivity index (χ1n) is 8.77. The Hall–Kier alpha value is -3.48. The molecule has 0 aliphatic rings. The van der Waals surface area contributed by atoms with Crippen LogP contribution in [0.5, 0.6) is 11.5 Å². The number of nitrogens with zero attached hydrogens (tertiary/aromatic N) is 1. The lowest BCUT2D eigenvalue weighted by molar-refractivity contribution is -0.137. The molecule has 1 N–H and O–H groups in total. The number of hydrogen-bond acceptors (Lipinski definition) is 4. The summed E-state index contributed by atoms with van der Waals surface area (Å²) in [6.07, 6.45) is -2.76. The third-order valence-corrected chi connectivity index (χ3v) is 4.02. The number of rotatable bonds is 7. The molecule has 0 aliphatic carbocycles. The summed E-state index contributed by atoms with van der Waals surface area (Å²) in [7, 11) is 1.50. The molecule has 0 radical (unpaired) electrons. The summed E-state index contributed by atoms with van der Waals surface area (Å²) in [6, 6.07) is 19.7. The van der Waals surface area contributed by atoms with Crippen LogP contribution < -0.4 is 14.9 Å². The summed E-state index contributed by atoms with van der Waals surface area (Å²) in [6.45, 7) is -0.0106. The van der Waals surface area contributed by atoms with Crippen molar-refractivity contribution in [2.75, 3.05) is 12.5 Å². The summed E-state index contributed by atoms with van der Waals surface area (Å²) in [5.41, 5.74) is 4.26. The molecular formula is C22H19F3N2O2. The van der Waals surface area contributed by atoms with Gasteiger partial charge in [-0.15, -0.1) is 0 Å². The molecule has 0 bridgehead atoms. The number of benzene rings is 3. The van der Waals surface area contributed by atoms with Gasteiger partial charge in [-0.2, -0.15) is 18.3 Å². The van der Waals surface area contributed by atoms with Crippen LogP contribution in [-0.2, 0) is 12.8 Å². The van der Waals surface area contributed by atoms with E-state index >= 15 is 0 Å². The molecule has 3 aromatic rings. The van der Waals surface area contributed by atoms with Gasteiger partial charge < -0.3 is 9.47 Å². The maximum Gasteiger partial charge on any atom is 0.416 e. The topological polar surface area (TPSA) is 42.8 Å². The smallest absolute Gasteiger partial charge is 0.416 e. The number of hydrazone groups is 1.